The van der Waals surface area contributed by atoms with E-state index >= 15 is 0 Å². The monoisotopic (exact) mass is 264 g/mol. The van der Waals surface area contributed by atoms with E-state index in [-0.39, 0.29) is 11.9 Å². The molecule has 1 atom stereocenters. The second-order valence-corrected chi connectivity index (χ2v) is 5.46. The highest BCUT2D eigenvalue weighted by molar-refractivity contribution is 5.81. The van der Waals surface area contributed by atoms with Gasteiger partial charge in [-0.25, -0.2) is 0 Å². The van der Waals surface area contributed by atoms with E-state index < -0.39 is 0 Å². The molecule has 0 radical (unpaired) electrons. The van der Waals surface area contributed by atoms with Crippen molar-refractivity contribution in [1.29, 1.82) is 0 Å². The number of hydrogen-bond donors (Lipinski definition) is 1. The lowest BCUT2D eigenvalue weighted by Crippen LogP contribution is -2.44. The number of hydrogen-bond acceptors (Lipinski definition) is 3. The van der Waals surface area contributed by atoms with Gasteiger partial charge in [-0.3, -0.25) is 14.4 Å². The van der Waals surface area contributed by atoms with Crippen molar-refractivity contribution in [2.24, 2.45) is 7.05 Å². The molecule has 2 heterocycles. The van der Waals surface area contributed by atoms with Gasteiger partial charge < -0.3 is 5.32 Å². The van der Waals surface area contributed by atoms with E-state index in [1.807, 2.05) is 31.8 Å². The molecule has 0 unspecified atom stereocenters. The van der Waals surface area contributed by atoms with Crippen molar-refractivity contribution in [2.75, 3.05) is 13.6 Å². The largest absolute Gasteiger partial charge is 0.349 e. The molecule has 0 aliphatic carbocycles. The minimum absolute atomic E-state index is 0.0248. The second-order valence-electron chi connectivity index (χ2n) is 5.46. The van der Waals surface area contributed by atoms with E-state index in [0.29, 0.717) is 6.54 Å². The zero-order valence-electron chi connectivity index (χ0n) is 12.1. The predicted octanol–water partition coefficient (Wildman–Crippen LogP) is 1.22. The van der Waals surface area contributed by atoms with Crippen LogP contribution in [0.3, 0.4) is 0 Å². The van der Waals surface area contributed by atoms with Crippen LogP contribution in [-0.4, -0.2) is 40.2 Å². The van der Waals surface area contributed by atoms with Crippen molar-refractivity contribution in [3.63, 3.8) is 0 Å². The summed E-state index contributed by atoms with van der Waals surface area (Å²) in [6.07, 6.45) is 4.54. The average Bonchev–Trinajstić information content (AvgIpc) is 2.56. The molecule has 19 heavy (non-hydrogen) atoms. The van der Waals surface area contributed by atoms with Gasteiger partial charge in [-0.2, -0.15) is 5.10 Å². The minimum Gasteiger partial charge on any atom is -0.349 e. The lowest BCUT2D eigenvalue weighted by Gasteiger charge is -2.24. The Kier molecular flexibility index (Phi) is 4.58. The molecular formula is C14H24N4O. The van der Waals surface area contributed by atoms with Gasteiger partial charge in [0.25, 0.3) is 0 Å². The summed E-state index contributed by atoms with van der Waals surface area (Å²) in [5.41, 5.74) is 2.03. The first kappa shape index (κ1) is 14.1. The molecule has 2 rings (SSSR count). The summed E-state index contributed by atoms with van der Waals surface area (Å²) in [4.78, 5) is 14.4. The number of likely N-dealkylation sites (N-methyl/N-ethyl adjacent to an activating group) is 1. The van der Waals surface area contributed by atoms with E-state index in [4.69, 9.17) is 0 Å². The molecular weight excluding hydrogens is 240 g/mol. The number of carbonyl (C=O) groups excluding carboxylic acids is 1. The number of aromatic nitrogens is 2. The Morgan fingerprint density at radius 3 is 2.89 bits per heavy atom. The smallest absolute Gasteiger partial charge is 0.237 e. The Morgan fingerprint density at radius 2 is 2.21 bits per heavy atom. The van der Waals surface area contributed by atoms with Gasteiger partial charge in [-0.1, -0.05) is 12.8 Å². The van der Waals surface area contributed by atoms with Gasteiger partial charge in [0.1, 0.15) is 0 Å². The molecule has 0 bridgehead atoms. The standard InChI is InChI=1S/C14H24N4O/c1-11-9-12(18(3)16-11)10-15-14(19)13-7-5-4-6-8-17(13)2/h9,13H,4-8,10H2,1-3H3,(H,15,19)/t13-/m1/s1. The number of amides is 1. The average molecular weight is 264 g/mol. The van der Waals surface area contributed by atoms with Gasteiger partial charge in [-0.15, -0.1) is 0 Å². The fourth-order valence-corrected chi connectivity index (χ4v) is 2.71. The first-order valence-electron chi connectivity index (χ1n) is 7.05. The summed E-state index contributed by atoms with van der Waals surface area (Å²) in [7, 11) is 3.95. The minimum atomic E-state index is 0.0248. The predicted molar refractivity (Wildman–Crippen MR) is 74.7 cm³/mol. The molecule has 1 saturated heterocycles. The van der Waals surface area contributed by atoms with E-state index in [0.717, 1.165) is 30.8 Å². The number of rotatable bonds is 3. The molecule has 1 aliphatic heterocycles. The number of nitrogens with one attached hydrogen (secondary N) is 1. The highest BCUT2D eigenvalue weighted by Gasteiger charge is 2.24. The van der Waals surface area contributed by atoms with Crippen molar-refractivity contribution in [1.82, 2.24) is 20.0 Å². The molecule has 5 heteroatoms. The Balaban J connectivity index is 1.91. The Labute approximate surface area is 115 Å². The maximum Gasteiger partial charge on any atom is 0.237 e. The maximum atomic E-state index is 12.3. The van der Waals surface area contributed by atoms with Gasteiger partial charge in [0.05, 0.1) is 24.0 Å². The van der Waals surface area contributed by atoms with Crippen molar-refractivity contribution in [2.45, 2.75) is 45.2 Å². The van der Waals surface area contributed by atoms with Gasteiger partial charge in [0.2, 0.25) is 5.91 Å². The molecule has 1 amide bonds. The van der Waals surface area contributed by atoms with Crippen LogP contribution in [0.15, 0.2) is 6.07 Å². The summed E-state index contributed by atoms with van der Waals surface area (Å²) in [5, 5.41) is 7.33. The Morgan fingerprint density at radius 1 is 1.42 bits per heavy atom. The van der Waals surface area contributed by atoms with E-state index in [1.54, 1.807) is 0 Å². The molecule has 1 N–H and O–H groups in total. The van der Waals surface area contributed by atoms with Crippen molar-refractivity contribution in [3.05, 3.63) is 17.5 Å². The topological polar surface area (TPSA) is 50.2 Å². The summed E-state index contributed by atoms with van der Waals surface area (Å²) in [6.45, 7) is 3.54. The number of aryl methyl sites for hydroxylation is 2. The van der Waals surface area contributed by atoms with Crippen LogP contribution >= 0.6 is 0 Å². The summed E-state index contributed by atoms with van der Waals surface area (Å²) < 4.78 is 1.83. The molecule has 0 aromatic carbocycles. The fourth-order valence-electron chi connectivity index (χ4n) is 2.71. The third-order valence-corrected chi connectivity index (χ3v) is 3.87. The van der Waals surface area contributed by atoms with Crippen LogP contribution in [0.1, 0.15) is 37.1 Å². The zero-order chi connectivity index (χ0) is 13.8. The van der Waals surface area contributed by atoms with E-state index in [1.165, 1.54) is 12.8 Å². The summed E-state index contributed by atoms with van der Waals surface area (Å²) in [5.74, 6) is 0.142. The molecule has 1 aromatic heterocycles. The van der Waals surface area contributed by atoms with Crippen LogP contribution in [0, 0.1) is 6.92 Å². The fraction of sp³-hybridized carbons (Fsp3) is 0.714. The first-order chi connectivity index (χ1) is 9.08. The Hall–Kier alpha value is -1.36. The van der Waals surface area contributed by atoms with E-state index in [9.17, 15) is 4.79 Å². The van der Waals surface area contributed by atoms with Crippen molar-refractivity contribution in [3.8, 4) is 0 Å². The maximum absolute atomic E-state index is 12.3. The third-order valence-electron chi connectivity index (χ3n) is 3.87. The molecule has 1 fully saturated rings. The number of carbonyl (C=O) groups is 1. The third kappa shape index (κ3) is 3.56. The van der Waals surface area contributed by atoms with Crippen LogP contribution < -0.4 is 5.32 Å². The summed E-state index contributed by atoms with van der Waals surface area (Å²) in [6, 6.07) is 2.04. The zero-order valence-corrected chi connectivity index (χ0v) is 12.1. The molecule has 5 nitrogen and oxygen atoms in total. The van der Waals surface area contributed by atoms with Crippen LogP contribution in [0.4, 0.5) is 0 Å². The van der Waals surface area contributed by atoms with Gasteiger partial charge >= 0.3 is 0 Å². The highest BCUT2D eigenvalue weighted by atomic mass is 16.2. The molecule has 106 valence electrons. The Bertz CT molecular complexity index is 441. The van der Waals surface area contributed by atoms with E-state index in [2.05, 4.69) is 15.3 Å². The molecule has 0 saturated carbocycles. The van der Waals surface area contributed by atoms with Crippen molar-refractivity contribution < 1.29 is 4.79 Å². The van der Waals surface area contributed by atoms with Gasteiger partial charge in [0, 0.05) is 7.05 Å². The lowest BCUT2D eigenvalue weighted by molar-refractivity contribution is -0.126. The molecule has 1 aliphatic rings. The number of nitrogens with zero attached hydrogens (tertiary/aromatic N) is 3. The second kappa shape index (κ2) is 6.19. The normalized spacial score (nSPS) is 21.1. The lowest BCUT2D eigenvalue weighted by atomic mass is 10.1. The molecule has 0 spiro atoms. The van der Waals surface area contributed by atoms with Crippen LogP contribution in [-0.2, 0) is 18.4 Å². The van der Waals surface area contributed by atoms with Gasteiger partial charge in [0.15, 0.2) is 0 Å². The van der Waals surface area contributed by atoms with Crippen LogP contribution in [0.5, 0.6) is 0 Å². The SMILES string of the molecule is Cc1cc(CNC(=O)[C@H]2CCCCCN2C)n(C)n1. The van der Waals surface area contributed by atoms with Gasteiger partial charge in [-0.05, 0) is 39.4 Å². The quantitative estimate of drug-likeness (QED) is 0.893. The highest BCUT2D eigenvalue weighted by Crippen LogP contribution is 2.15. The summed E-state index contributed by atoms with van der Waals surface area (Å²) >= 11 is 0. The van der Waals surface area contributed by atoms with Crippen LogP contribution in [0.25, 0.3) is 0 Å². The van der Waals surface area contributed by atoms with Crippen molar-refractivity contribution >= 4 is 5.91 Å². The first-order valence-corrected chi connectivity index (χ1v) is 7.05. The van der Waals surface area contributed by atoms with Crippen LogP contribution in [0.2, 0.25) is 0 Å². The molecule has 1 aromatic rings. The number of likely N-dealkylation sites (tertiary alicyclic amines) is 1.